The summed E-state index contributed by atoms with van der Waals surface area (Å²) in [5.41, 5.74) is -0.983. The van der Waals surface area contributed by atoms with Crippen LogP contribution in [0.25, 0.3) is 0 Å². The lowest BCUT2D eigenvalue weighted by atomic mass is 10.1. The number of rotatable bonds is 5. The molecule has 8 heteroatoms. The third kappa shape index (κ3) is 10.5. The molecule has 1 aromatic rings. The van der Waals surface area contributed by atoms with Crippen LogP contribution in [0.15, 0.2) is 17.1 Å². The highest BCUT2D eigenvalue weighted by Crippen LogP contribution is 2.14. The molecule has 1 aromatic heterocycles. The number of alkyl carbamates (subject to hydrolysis) is 1. The van der Waals surface area contributed by atoms with Gasteiger partial charge in [-0.3, -0.25) is 4.99 Å². The zero-order chi connectivity index (χ0) is 18.4. The molecule has 0 radical (unpaired) electrons. The van der Waals surface area contributed by atoms with Crippen LogP contribution in [0.4, 0.5) is 4.79 Å². The van der Waals surface area contributed by atoms with E-state index in [0.717, 1.165) is 6.54 Å². The fourth-order valence-corrected chi connectivity index (χ4v) is 2.73. The Hall–Kier alpha value is -1.03. The minimum atomic E-state index is -0.510. The van der Waals surface area contributed by atoms with Gasteiger partial charge in [-0.15, -0.1) is 35.3 Å². The molecule has 1 amide bonds. The number of carbonyl (C=O) groups is 1. The summed E-state index contributed by atoms with van der Waals surface area (Å²) >= 11 is 1.76. The molecule has 0 bridgehead atoms. The Kier molecular flexibility index (Phi) is 9.78. The van der Waals surface area contributed by atoms with Crippen LogP contribution in [-0.2, 0) is 11.3 Å². The Bertz CT molecular complexity index is 579. The maximum atomic E-state index is 11.9. The Labute approximate surface area is 172 Å². The molecule has 0 unspecified atom stereocenters. The predicted molar refractivity (Wildman–Crippen MR) is 116 cm³/mol. The van der Waals surface area contributed by atoms with Crippen molar-refractivity contribution in [3.05, 3.63) is 21.9 Å². The summed E-state index contributed by atoms with van der Waals surface area (Å²) in [5.74, 6) is 0.695. The Morgan fingerprint density at radius 3 is 2.32 bits per heavy atom. The maximum Gasteiger partial charge on any atom is 0.408 e. The number of amides is 1. The smallest absolute Gasteiger partial charge is 0.408 e. The van der Waals surface area contributed by atoms with Gasteiger partial charge in [0.1, 0.15) is 5.60 Å². The number of halogens is 1. The van der Waals surface area contributed by atoms with Crippen molar-refractivity contribution in [3.8, 4) is 0 Å². The average Bonchev–Trinajstić information content (AvgIpc) is 2.81. The van der Waals surface area contributed by atoms with Crippen LogP contribution in [0.1, 0.15) is 44.4 Å². The number of thiophene rings is 1. The van der Waals surface area contributed by atoms with Gasteiger partial charge in [-0.2, -0.15) is 0 Å². The minimum absolute atomic E-state index is 0. The number of hydrogen-bond acceptors (Lipinski definition) is 4. The van der Waals surface area contributed by atoms with Gasteiger partial charge in [0.2, 0.25) is 0 Å². The Morgan fingerprint density at radius 2 is 1.84 bits per heavy atom. The van der Waals surface area contributed by atoms with E-state index >= 15 is 0 Å². The van der Waals surface area contributed by atoms with E-state index in [0.29, 0.717) is 12.5 Å². The first-order valence-corrected chi connectivity index (χ1v) is 8.83. The van der Waals surface area contributed by atoms with E-state index in [4.69, 9.17) is 4.74 Å². The standard InChI is InChI=1S/C17H30N4O2S.HI/c1-12-8-9-13(24-12)10-19-14(18-7)20-11-17(5,6)21-15(22)23-16(2,3)4;/h8-9H,10-11H2,1-7H3,(H,21,22)(H2,18,19,20);1H. The van der Waals surface area contributed by atoms with E-state index in [2.05, 4.69) is 40.0 Å². The first-order valence-electron chi connectivity index (χ1n) is 8.02. The molecule has 25 heavy (non-hydrogen) atoms. The SMILES string of the molecule is CN=C(NCc1ccc(C)s1)NCC(C)(C)NC(=O)OC(C)(C)C.I. The third-order valence-corrected chi connectivity index (χ3v) is 3.99. The second-order valence-electron chi connectivity index (χ2n) is 7.30. The lowest BCUT2D eigenvalue weighted by molar-refractivity contribution is 0.0474. The molecule has 1 heterocycles. The van der Waals surface area contributed by atoms with Crippen molar-refractivity contribution in [2.45, 2.75) is 59.2 Å². The van der Waals surface area contributed by atoms with Crippen LogP contribution < -0.4 is 16.0 Å². The molecule has 0 spiro atoms. The van der Waals surface area contributed by atoms with Crippen molar-refractivity contribution < 1.29 is 9.53 Å². The molecule has 0 aromatic carbocycles. The minimum Gasteiger partial charge on any atom is -0.444 e. The normalized spacial score (nSPS) is 12.2. The first kappa shape index (κ1) is 24.0. The topological polar surface area (TPSA) is 74.8 Å². The van der Waals surface area contributed by atoms with Crippen LogP contribution in [0.5, 0.6) is 0 Å². The van der Waals surface area contributed by atoms with E-state index in [1.165, 1.54) is 9.75 Å². The largest absolute Gasteiger partial charge is 0.444 e. The van der Waals surface area contributed by atoms with Crippen molar-refractivity contribution in [2.75, 3.05) is 13.6 Å². The van der Waals surface area contributed by atoms with Crippen LogP contribution in [-0.4, -0.2) is 36.8 Å². The van der Waals surface area contributed by atoms with Crippen molar-refractivity contribution in [2.24, 2.45) is 4.99 Å². The van der Waals surface area contributed by atoms with Crippen molar-refractivity contribution >= 4 is 47.4 Å². The second kappa shape index (κ2) is 10.2. The highest BCUT2D eigenvalue weighted by Gasteiger charge is 2.24. The van der Waals surface area contributed by atoms with Crippen molar-refractivity contribution in [1.29, 1.82) is 0 Å². The number of nitrogens with zero attached hydrogens (tertiary/aromatic N) is 1. The van der Waals surface area contributed by atoms with Gasteiger partial charge >= 0.3 is 6.09 Å². The molecule has 0 aliphatic heterocycles. The number of ether oxygens (including phenoxy) is 1. The summed E-state index contributed by atoms with van der Waals surface area (Å²) in [4.78, 5) is 18.6. The molecule has 0 saturated carbocycles. The Balaban J connectivity index is 0.00000576. The summed E-state index contributed by atoms with van der Waals surface area (Å²) in [6.07, 6.45) is -0.425. The zero-order valence-corrected chi connectivity index (χ0v) is 19.3. The molecule has 0 atom stereocenters. The molecule has 0 aliphatic rings. The number of nitrogens with one attached hydrogen (secondary N) is 3. The molecule has 1 rings (SSSR count). The van der Waals surface area contributed by atoms with E-state index < -0.39 is 17.2 Å². The maximum absolute atomic E-state index is 11.9. The molecule has 144 valence electrons. The molecule has 0 aliphatic carbocycles. The highest BCUT2D eigenvalue weighted by molar-refractivity contribution is 14.0. The third-order valence-electron chi connectivity index (χ3n) is 2.99. The fraction of sp³-hybridized carbons (Fsp3) is 0.647. The van der Waals surface area contributed by atoms with Gasteiger partial charge in [0, 0.05) is 23.3 Å². The summed E-state index contributed by atoms with van der Waals surface area (Å²) in [5, 5.41) is 9.36. The average molecular weight is 482 g/mol. The number of aliphatic imine (C=N–C) groups is 1. The first-order chi connectivity index (χ1) is 11.0. The lowest BCUT2D eigenvalue weighted by Crippen LogP contribution is -2.54. The number of aryl methyl sites for hydroxylation is 1. The Morgan fingerprint density at radius 1 is 1.20 bits per heavy atom. The quantitative estimate of drug-likeness (QED) is 0.341. The van der Waals surface area contributed by atoms with Crippen LogP contribution >= 0.6 is 35.3 Å². The van der Waals surface area contributed by atoms with Crippen LogP contribution in [0, 0.1) is 6.92 Å². The van der Waals surface area contributed by atoms with E-state index in [1.807, 2.05) is 34.6 Å². The summed E-state index contributed by atoms with van der Waals surface area (Å²) in [7, 11) is 1.73. The fourth-order valence-electron chi connectivity index (χ4n) is 1.90. The predicted octanol–water partition coefficient (Wildman–Crippen LogP) is 3.64. The number of guanidine groups is 1. The molecular weight excluding hydrogens is 451 g/mol. The van der Waals surface area contributed by atoms with Gasteiger partial charge in [0.25, 0.3) is 0 Å². The van der Waals surface area contributed by atoms with Crippen molar-refractivity contribution in [3.63, 3.8) is 0 Å². The van der Waals surface area contributed by atoms with Gasteiger partial charge in [0.05, 0.1) is 12.1 Å². The zero-order valence-electron chi connectivity index (χ0n) is 16.1. The summed E-state index contributed by atoms with van der Waals surface area (Å²) in [6.45, 7) is 12.7. The van der Waals surface area contributed by atoms with Gasteiger partial charge in [-0.25, -0.2) is 4.79 Å². The van der Waals surface area contributed by atoms with E-state index in [9.17, 15) is 4.79 Å². The molecule has 0 saturated heterocycles. The molecule has 0 fully saturated rings. The molecule has 3 N–H and O–H groups in total. The lowest BCUT2D eigenvalue weighted by Gasteiger charge is -2.29. The van der Waals surface area contributed by atoms with Crippen LogP contribution in [0.2, 0.25) is 0 Å². The van der Waals surface area contributed by atoms with Gasteiger partial charge in [-0.1, -0.05) is 0 Å². The van der Waals surface area contributed by atoms with Gasteiger partial charge < -0.3 is 20.7 Å². The van der Waals surface area contributed by atoms with Crippen LogP contribution in [0.3, 0.4) is 0 Å². The molecule has 6 nitrogen and oxygen atoms in total. The van der Waals surface area contributed by atoms with E-state index in [1.54, 1.807) is 18.4 Å². The number of hydrogen-bond donors (Lipinski definition) is 3. The number of carbonyl (C=O) groups excluding carboxylic acids is 1. The molecular formula is C17H31IN4O2S. The highest BCUT2D eigenvalue weighted by atomic mass is 127. The van der Waals surface area contributed by atoms with Crippen molar-refractivity contribution in [1.82, 2.24) is 16.0 Å². The summed E-state index contributed by atoms with van der Waals surface area (Å²) in [6, 6.07) is 4.21. The van der Waals surface area contributed by atoms with Gasteiger partial charge in [0.15, 0.2) is 5.96 Å². The monoisotopic (exact) mass is 482 g/mol. The van der Waals surface area contributed by atoms with Gasteiger partial charge in [-0.05, 0) is 53.7 Å². The summed E-state index contributed by atoms with van der Waals surface area (Å²) < 4.78 is 5.29. The van der Waals surface area contributed by atoms with E-state index in [-0.39, 0.29) is 24.0 Å². The second-order valence-corrected chi connectivity index (χ2v) is 8.67.